The molecule has 20 heavy (non-hydrogen) atoms. The van der Waals surface area contributed by atoms with Gasteiger partial charge in [0.15, 0.2) is 5.15 Å². The fraction of sp³-hybridized carbons (Fsp3) is 0.154. The highest BCUT2D eigenvalue weighted by molar-refractivity contribution is 6.31. The summed E-state index contributed by atoms with van der Waals surface area (Å²) < 4.78 is 18.7. The van der Waals surface area contributed by atoms with Crippen LogP contribution in [0, 0.1) is 29.8 Å². The number of pyridine rings is 1. The van der Waals surface area contributed by atoms with E-state index in [1.54, 1.807) is 13.8 Å². The molecule has 0 fully saturated rings. The second-order valence-corrected chi connectivity index (χ2v) is 4.54. The van der Waals surface area contributed by atoms with Crippen LogP contribution in [0.2, 0.25) is 5.15 Å². The second-order valence-electron chi connectivity index (χ2n) is 4.18. The maximum absolute atomic E-state index is 13.2. The number of benzene rings is 1. The molecule has 0 aliphatic heterocycles. The van der Waals surface area contributed by atoms with Crippen molar-refractivity contribution in [3.63, 3.8) is 0 Å². The van der Waals surface area contributed by atoms with Crippen LogP contribution in [0.1, 0.15) is 11.1 Å². The van der Waals surface area contributed by atoms with Crippen molar-refractivity contribution < 1.29 is 14.1 Å². The van der Waals surface area contributed by atoms with Crippen molar-refractivity contribution >= 4 is 17.3 Å². The Morgan fingerprint density at radius 1 is 1.30 bits per heavy atom. The largest absolute Gasteiger partial charge is 0.446 e. The van der Waals surface area contributed by atoms with E-state index >= 15 is 0 Å². The van der Waals surface area contributed by atoms with E-state index in [2.05, 4.69) is 4.98 Å². The third-order valence-corrected chi connectivity index (χ3v) is 2.94. The highest BCUT2D eigenvalue weighted by Crippen LogP contribution is 2.38. The van der Waals surface area contributed by atoms with Crippen LogP contribution in [0.15, 0.2) is 24.4 Å². The lowest BCUT2D eigenvalue weighted by Gasteiger charge is -2.12. The summed E-state index contributed by atoms with van der Waals surface area (Å²) in [4.78, 5) is 14.1. The normalized spacial score (nSPS) is 10.4. The summed E-state index contributed by atoms with van der Waals surface area (Å²) in [6.45, 7) is 3.28. The van der Waals surface area contributed by atoms with Gasteiger partial charge in [0.2, 0.25) is 5.75 Å². The van der Waals surface area contributed by atoms with E-state index in [0.717, 1.165) is 0 Å². The molecule has 1 heterocycles. The first-order valence-electron chi connectivity index (χ1n) is 5.63. The zero-order valence-corrected chi connectivity index (χ0v) is 11.4. The summed E-state index contributed by atoms with van der Waals surface area (Å²) in [7, 11) is 0. The minimum absolute atomic E-state index is 0.123. The van der Waals surface area contributed by atoms with Crippen LogP contribution < -0.4 is 4.74 Å². The quantitative estimate of drug-likeness (QED) is 0.484. The number of ether oxygens (including phenoxy) is 1. The van der Waals surface area contributed by atoms with Crippen LogP contribution in [0.25, 0.3) is 0 Å². The van der Waals surface area contributed by atoms with Crippen molar-refractivity contribution in [3.05, 3.63) is 56.6 Å². The maximum Gasteiger partial charge on any atom is 0.316 e. The number of nitro groups is 1. The van der Waals surface area contributed by atoms with Gasteiger partial charge in [0, 0.05) is 12.3 Å². The Morgan fingerprint density at radius 3 is 2.45 bits per heavy atom. The predicted octanol–water partition coefficient (Wildman–Crippen LogP) is 4.19. The highest BCUT2D eigenvalue weighted by atomic mass is 35.5. The van der Waals surface area contributed by atoms with E-state index in [0.29, 0.717) is 16.9 Å². The lowest BCUT2D eigenvalue weighted by atomic mass is 10.1. The Bertz CT molecular complexity index is 668. The van der Waals surface area contributed by atoms with E-state index in [4.69, 9.17) is 16.3 Å². The zero-order chi connectivity index (χ0) is 14.9. The van der Waals surface area contributed by atoms with E-state index in [1.807, 2.05) is 0 Å². The lowest BCUT2D eigenvalue weighted by Crippen LogP contribution is -1.98. The molecule has 0 aliphatic rings. The summed E-state index contributed by atoms with van der Waals surface area (Å²) in [6, 6.07) is 3.74. The van der Waals surface area contributed by atoms with Crippen molar-refractivity contribution in [2.24, 2.45) is 0 Å². The molecule has 2 aromatic rings. The Balaban J connectivity index is 2.53. The minimum atomic E-state index is -0.614. The van der Waals surface area contributed by atoms with Gasteiger partial charge in [-0.05, 0) is 37.1 Å². The molecule has 1 aromatic heterocycles. The van der Waals surface area contributed by atoms with E-state index in [-0.39, 0.29) is 16.6 Å². The molecule has 0 saturated carbocycles. The van der Waals surface area contributed by atoms with Crippen LogP contribution in [-0.2, 0) is 0 Å². The Hall–Kier alpha value is -2.21. The van der Waals surface area contributed by atoms with Crippen molar-refractivity contribution in [2.45, 2.75) is 13.8 Å². The molecular formula is C13H10ClFN2O3. The maximum atomic E-state index is 13.2. The molecular weight excluding hydrogens is 287 g/mol. The summed E-state index contributed by atoms with van der Waals surface area (Å²) in [6.07, 6.45) is 1.22. The number of aryl methyl sites for hydroxylation is 2. The molecule has 0 N–H and O–H groups in total. The smallest absolute Gasteiger partial charge is 0.316 e. The molecule has 0 unspecified atom stereocenters. The first-order valence-corrected chi connectivity index (χ1v) is 6.01. The van der Waals surface area contributed by atoms with E-state index < -0.39 is 10.7 Å². The van der Waals surface area contributed by atoms with Crippen LogP contribution >= 0.6 is 11.6 Å². The van der Waals surface area contributed by atoms with Gasteiger partial charge in [0.05, 0.1) is 4.92 Å². The summed E-state index contributed by atoms with van der Waals surface area (Å²) >= 11 is 5.84. The average Bonchev–Trinajstić information content (AvgIpc) is 2.34. The third kappa shape index (κ3) is 2.70. The lowest BCUT2D eigenvalue weighted by molar-refractivity contribution is -0.385. The Labute approximate surface area is 119 Å². The van der Waals surface area contributed by atoms with Crippen molar-refractivity contribution in [3.8, 4) is 11.5 Å². The Morgan fingerprint density at radius 2 is 1.90 bits per heavy atom. The molecule has 0 atom stereocenters. The van der Waals surface area contributed by atoms with Crippen LogP contribution in [0.5, 0.6) is 11.5 Å². The van der Waals surface area contributed by atoms with Gasteiger partial charge in [-0.1, -0.05) is 11.6 Å². The number of halogens is 2. The molecule has 0 spiro atoms. The van der Waals surface area contributed by atoms with Crippen molar-refractivity contribution in [2.75, 3.05) is 0 Å². The first-order chi connectivity index (χ1) is 9.40. The molecule has 104 valence electrons. The fourth-order valence-electron chi connectivity index (χ4n) is 1.81. The van der Waals surface area contributed by atoms with Gasteiger partial charge < -0.3 is 4.74 Å². The minimum Gasteiger partial charge on any atom is -0.446 e. The molecule has 2 rings (SSSR count). The number of aromatic nitrogens is 1. The van der Waals surface area contributed by atoms with Gasteiger partial charge in [-0.2, -0.15) is 0 Å². The number of nitrogens with zero attached hydrogens (tertiary/aromatic N) is 2. The van der Waals surface area contributed by atoms with Gasteiger partial charge in [0.25, 0.3) is 0 Å². The second kappa shape index (κ2) is 5.42. The third-order valence-electron chi connectivity index (χ3n) is 2.67. The van der Waals surface area contributed by atoms with Gasteiger partial charge >= 0.3 is 5.69 Å². The van der Waals surface area contributed by atoms with Crippen LogP contribution in [0.3, 0.4) is 0 Å². The molecule has 0 bridgehead atoms. The first kappa shape index (κ1) is 14.2. The highest BCUT2D eigenvalue weighted by Gasteiger charge is 2.21. The molecule has 0 aliphatic carbocycles. The molecule has 0 saturated heterocycles. The van der Waals surface area contributed by atoms with Gasteiger partial charge in [-0.15, -0.1) is 0 Å². The number of rotatable bonds is 3. The molecule has 1 aromatic carbocycles. The summed E-state index contributed by atoms with van der Waals surface area (Å²) in [5, 5.41) is 10.8. The zero-order valence-electron chi connectivity index (χ0n) is 10.7. The average molecular weight is 297 g/mol. The summed E-state index contributed by atoms with van der Waals surface area (Å²) in [5.74, 6) is -0.236. The van der Waals surface area contributed by atoms with Crippen LogP contribution in [-0.4, -0.2) is 9.91 Å². The summed E-state index contributed by atoms with van der Waals surface area (Å²) in [5.41, 5.74) is 0.724. The van der Waals surface area contributed by atoms with Crippen molar-refractivity contribution in [1.29, 1.82) is 0 Å². The van der Waals surface area contributed by atoms with E-state index in [1.165, 1.54) is 24.4 Å². The predicted molar refractivity (Wildman–Crippen MR) is 71.8 cm³/mol. The Kier molecular flexibility index (Phi) is 3.85. The van der Waals surface area contributed by atoms with E-state index in [9.17, 15) is 14.5 Å². The standard InChI is InChI=1S/C13H10ClFN2O3/c1-7-5-9(15)6-8(2)11(7)20-12-10(17(18)19)3-4-16-13(12)14/h3-6H,1-2H3. The SMILES string of the molecule is Cc1cc(F)cc(C)c1Oc1c([N+](=O)[O-])ccnc1Cl. The molecule has 5 nitrogen and oxygen atoms in total. The fourth-order valence-corrected chi connectivity index (χ4v) is 2.00. The van der Waals surface area contributed by atoms with Gasteiger partial charge in [-0.3, -0.25) is 10.1 Å². The van der Waals surface area contributed by atoms with Crippen LogP contribution in [0.4, 0.5) is 10.1 Å². The molecule has 0 radical (unpaired) electrons. The molecule has 7 heteroatoms. The number of hydrogen-bond donors (Lipinski definition) is 0. The molecule has 0 amide bonds. The van der Waals surface area contributed by atoms with Crippen molar-refractivity contribution in [1.82, 2.24) is 4.98 Å². The monoisotopic (exact) mass is 296 g/mol. The topological polar surface area (TPSA) is 65.3 Å². The number of hydrogen-bond acceptors (Lipinski definition) is 4. The van der Waals surface area contributed by atoms with Gasteiger partial charge in [0.1, 0.15) is 11.6 Å². The van der Waals surface area contributed by atoms with Gasteiger partial charge in [-0.25, -0.2) is 9.37 Å².